The third-order valence-electron chi connectivity index (χ3n) is 2.88. The molecule has 1 aromatic carbocycles. The Bertz CT molecular complexity index is 737. The number of oxazole rings is 1. The standard InChI is InChI=1S/C16H17ClN4O/c1-16(2,3)15-20-13(9-18)14(22-15)21(4)19-10-11-6-5-7-12(17)8-11/h5-8,10H,1-4H3. The van der Waals surface area contributed by atoms with Gasteiger partial charge in [0.2, 0.25) is 11.6 Å². The zero-order chi connectivity index (χ0) is 16.3. The van der Waals surface area contributed by atoms with E-state index in [9.17, 15) is 5.26 Å². The van der Waals surface area contributed by atoms with E-state index in [0.29, 0.717) is 16.8 Å². The van der Waals surface area contributed by atoms with E-state index in [-0.39, 0.29) is 11.1 Å². The molecule has 0 amide bonds. The van der Waals surface area contributed by atoms with Gasteiger partial charge in [0, 0.05) is 17.5 Å². The summed E-state index contributed by atoms with van der Waals surface area (Å²) in [6.07, 6.45) is 1.65. The molecular formula is C16H17ClN4O. The minimum Gasteiger partial charge on any atom is -0.421 e. The minimum absolute atomic E-state index is 0.218. The van der Waals surface area contributed by atoms with Gasteiger partial charge in [-0.25, -0.2) is 5.01 Å². The maximum atomic E-state index is 9.20. The lowest BCUT2D eigenvalue weighted by molar-refractivity contribution is 0.394. The lowest BCUT2D eigenvalue weighted by atomic mass is 9.97. The molecule has 0 saturated carbocycles. The van der Waals surface area contributed by atoms with Gasteiger partial charge in [0.05, 0.1) is 6.21 Å². The summed E-state index contributed by atoms with van der Waals surface area (Å²) in [7, 11) is 1.70. The summed E-state index contributed by atoms with van der Waals surface area (Å²) in [4.78, 5) is 4.23. The Labute approximate surface area is 134 Å². The molecule has 114 valence electrons. The van der Waals surface area contributed by atoms with Gasteiger partial charge >= 0.3 is 0 Å². The Kier molecular flexibility index (Phi) is 4.53. The molecule has 2 aromatic rings. The molecule has 0 aliphatic carbocycles. The van der Waals surface area contributed by atoms with Crippen LogP contribution in [0.1, 0.15) is 37.9 Å². The summed E-state index contributed by atoms with van der Waals surface area (Å²) in [5.41, 5.74) is 0.797. The molecule has 0 atom stereocenters. The summed E-state index contributed by atoms with van der Waals surface area (Å²) in [5, 5.41) is 15.6. The van der Waals surface area contributed by atoms with Crippen LogP contribution in [0.2, 0.25) is 5.02 Å². The van der Waals surface area contributed by atoms with Crippen molar-refractivity contribution in [2.45, 2.75) is 26.2 Å². The SMILES string of the molecule is CN(N=Cc1cccc(Cl)c1)c1oc(C(C)(C)C)nc1C#N. The molecule has 0 spiro atoms. The van der Waals surface area contributed by atoms with Crippen molar-refractivity contribution in [3.05, 3.63) is 46.4 Å². The summed E-state index contributed by atoms with van der Waals surface area (Å²) in [6.45, 7) is 5.91. The molecule has 0 radical (unpaired) electrons. The van der Waals surface area contributed by atoms with E-state index in [0.717, 1.165) is 5.56 Å². The van der Waals surface area contributed by atoms with E-state index >= 15 is 0 Å². The van der Waals surface area contributed by atoms with Crippen LogP contribution in [0.5, 0.6) is 0 Å². The molecular weight excluding hydrogens is 300 g/mol. The number of hydrogen-bond acceptors (Lipinski definition) is 5. The van der Waals surface area contributed by atoms with Gasteiger partial charge in [-0.1, -0.05) is 44.5 Å². The minimum atomic E-state index is -0.276. The highest BCUT2D eigenvalue weighted by atomic mass is 35.5. The first-order chi connectivity index (χ1) is 10.3. The Balaban J connectivity index is 2.28. The highest BCUT2D eigenvalue weighted by Crippen LogP contribution is 2.28. The van der Waals surface area contributed by atoms with Crippen LogP contribution in [0.25, 0.3) is 0 Å². The van der Waals surface area contributed by atoms with E-state index in [1.807, 2.05) is 39.0 Å². The number of hydrazone groups is 1. The van der Waals surface area contributed by atoms with Gasteiger partial charge in [-0.2, -0.15) is 15.3 Å². The summed E-state index contributed by atoms with van der Waals surface area (Å²) in [5.74, 6) is 0.828. The molecule has 1 heterocycles. The molecule has 5 nitrogen and oxygen atoms in total. The molecule has 1 aromatic heterocycles. The zero-order valence-electron chi connectivity index (χ0n) is 13.0. The molecule has 0 aliphatic heterocycles. The zero-order valence-corrected chi connectivity index (χ0v) is 13.7. The number of hydrogen-bond donors (Lipinski definition) is 0. The van der Waals surface area contributed by atoms with Crippen molar-refractivity contribution in [1.82, 2.24) is 4.98 Å². The monoisotopic (exact) mass is 316 g/mol. The van der Waals surface area contributed by atoms with Gasteiger partial charge in [0.15, 0.2) is 0 Å². The summed E-state index contributed by atoms with van der Waals surface area (Å²) in [6, 6.07) is 9.35. The summed E-state index contributed by atoms with van der Waals surface area (Å²) >= 11 is 5.93. The molecule has 6 heteroatoms. The van der Waals surface area contributed by atoms with Gasteiger partial charge in [-0.3, -0.25) is 0 Å². The highest BCUT2D eigenvalue weighted by Gasteiger charge is 2.25. The van der Waals surface area contributed by atoms with Crippen molar-refractivity contribution in [2.24, 2.45) is 5.10 Å². The van der Waals surface area contributed by atoms with Crippen LogP contribution in [0.3, 0.4) is 0 Å². The van der Waals surface area contributed by atoms with E-state index in [1.54, 1.807) is 25.4 Å². The number of anilines is 1. The fourth-order valence-corrected chi connectivity index (χ4v) is 1.92. The first kappa shape index (κ1) is 16.1. The van der Waals surface area contributed by atoms with Gasteiger partial charge in [-0.05, 0) is 17.7 Å². The van der Waals surface area contributed by atoms with Gasteiger partial charge in [0.1, 0.15) is 6.07 Å². The molecule has 0 saturated heterocycles. The number of benzene rings is 1. The maximum Gasteiger partial charge on any atom is 0.254 e. The Morgan fingerprint density at radius 1 is 1.41 bits per heavy atom. The number of rotatable bonds is 3. The van der Waals surface area contributed by atoms with Crippen molar-refractivity contribution in [3.8, 4) is 6.07 Å². The van der Waals surface area contributed by atoms with Crippen molar-refractivity contribution in [2.75, 3.05) is 12.1 Å². The lowest BCUT2D eigenvalue weighted by Crippen LogP contribution is -2.11. The molecule has 0 fully saturated rings. The van der Waals surface area contributed by atoms with Crippen LogP contribution in [0, 0.1) is 11.3 Å². The van der Waals surface area contributed by atoms with Crippen LogP contribution in [0.15, 0.2) is 33.8 Å². The number of halogens is 1. The Hall–Kier alpha value is -2.32. The molecule has 0 unspecified atom stereocenters. The number of nitrogens with zero attached hydrogens (tertiary/aromatic N) is 4. The first-order valence-corrected chi connectivity index (χ1v) is 7.14. The molecule has 0 aliphatic rings. The third-order valence-corrected chi connectivity index (χ3v) is 3.11. The second kappa shape index (κ2) is 6.20. The van der Waals surface area contributed by atoms with Crippen molar-refractivity contribution >= 4 is 23.7 Å². The summed E-state index contributed by atoms with van der Waals surface area (Å²) < 4.78 is 5.70. The van der Waals surface area contributed by atoms with Gasteiger partial charge < -0.3 is 4.42 Å². The number of nitriles is 1. The average Bonchev–Trinajstić information content (AvgIpc) is 2.89. The molecule has 0 N–H and O–H groups in total. The first-order valence-electron chi connectivity index (χ1n) is 6.76. The predicted octanol–water partition coefficient (Wildman–Crippen LogP) is 3.97. The van der Waals surface area contributed by atoms with Crippen LogP contribution in [-0.4, -0.2) is 18.2 Å². The predicted molar refractivity (Wildman–Crippen MR) is 87.4 cm³/mol. The lowest BCUT2D eigenvalue weighted by Gasteiger charge is -2.13. The molecule has 22 heavy (non-hydrogen) atoms. The second-order valence-corrected chi connectivity index (χ2v) is 6.29. The number of aromatic nitrogens is 1. The van der Waals surface area contributed by atoms with Gasteiger partial charge in [-0.15, -0.1) is 0 Å². The van der Waals surface area contributed by atoms with Crippen LogP contribution >= 0.6 is 11.6 Å². The fourth-order valence-electron chi connectivity index (χ4n) is 1.72. The average molecular weight is 317 g/mol. The van der Waals surface area contributed by atoms with Crippen molar-refractivity contribution in [1.29, 1.82) is 5.26 Å². The highest BCUT2D eigenvalue weighted by molar-refractivity contribution is 6.30. The van der Waals surface area contributed by atoms with E-state index in [4.69, 9.17) is 16.0 Å². The van der Waals surface area contributed by atoms with Crippen molar-refractivity contribution in [3.63, 3.8) is 0 Å². The van der Waals surface area contributed by atoms with E-state index in [1.165, 1.54) is 5.01 Å². The van der Waals surface area contributed by atoms with E-state index in [2.05, 4.69) is 10.1 Å². The molecule has 2 rings (SSSR count). The Morgan fingerprint density at radius 3 is 2.73 bits per heavy atom. The third kappa shape index (κ3) is 3.66. The topological polar surface area (TPSA) is 65.4 Å². The fraction of sp³-hybridized carbons (Fsp3) is 0.312. The smallest absolute Gasteiger partial charge is 0.254 e. The van der Waals surface area contributed by atoms with Crippen LogP contribution in [-0.2, 0) is 5.41 Å². The largest absolute Gasteiger partial charge is 0.421 e. The molecule has 0 bridgehead atoms. The normalized spacial score (nSPS) is 11.6. The maximum absolute atomic E-state index is 9.20. The van der Waals surface area contributed by atoms with Crippen LogP contribution in [0.4, 0.5) is 5.88 Å². The Morgan fingerprint density at radius 2 is 2.14 bits per heavy atom. The quantitative estimate of drug-likeness (QED) is 0.635. The van der Waals surface area contributed by atoms with Gasteiger partial charge in [0.25, 0.3) is 5.88 Å². The van der Waals surface area contributed by atoms with E-state index < -0.39 is 0 Å². The second-order valence-electron chi connectivity index (χ2n) is 5.86. The van der Waals surface area contributed by atoms with Crippen molar-refractivity contribution < 1.29 is 4.42 Å². The van der Waals surface area contributed by atoms with Crippen LogP contribution < -0.4 is 5.01 Å².